The molecule has 4 N–H and O–H groups in total. The molecule has 0 radical (unpaired) electrons. The van der Waals surface area contributed by atoms with Crippen LogP contribution in [0, 0.1) is 0 Å². The molecule has 0 saturated carbocycles. The van der Waals surface area contributed by atoms with E-state index in [0.29, 0.717) is 25.7 Å². The van der Waals surface area contributed by atoms with Crippen LogP contribution in [-0.4, -0.2) is 95.9 Å². The molecule has 0 rings (SSSR count). The number of phosphoric acid groups is 2. The maximum Gasteiger partial charge on any atom is 0.472 e. The number of allylic oxidation sites excluding steroid dienone is 32. The fraction of sp³-hybridized carbons (Fsp3) is 0.588. The van der Waals surface area contributed by atoms with E-state index in [2.05, 4.69) is 197 Å². The van der Waals surface area contributed by atoms with Crippen molar-refractivity contribution in [2.24, 2.45) is 0 Å². The number of carbonyl (C=O) groups is 3. The van der Waals surface area contributed by atoms with Crippen LogP contribution in [-0.2, 0) is 55.8 Å². The number of rotatable bonds is 71. The Morgan fingerprint density at radius 3 is 0.825 bits per heavy atom. The fourth-order valence-electron chi connectivity index (χ4n) is 9.53. The summed E-state index contributed by atoms with van der Waals surface area (Å²) in [6, 6.07) is 0. The molecule has 16 nitrogen and oxygen atoms in total. The zero-order valence-corrected chi connectivity index (χ0v) is 65.2. The molecule has 0 amide bonds. The summed E-state index contributed by atoms with van der Waals surface area (Å²) in [4.78, 5) is 58.6. The molecular weight excluding hydrogens is 1340 g/mol. The van der Waals surface area contributed by atoms with Crippen molar-refractivity contribution in [3.63, 3.8) is 0 Å². The highest BCUT2D eigenvalue weighted by molar-refractivity contribution is 7.47. The molecule has 582 valence electrons. The summed E-state index contributed by atoms with van der Waals surface area (Å²) in [6.07, 6.45) is 99.2. The second-order valence-corrected chi connectivity index (χ2v) is 27.9. The monoisotopic (exact) mass is 1470 g/mol. The lowest BCUT2D eigenvalue weighted by molar-refractivity contribution is -0.161. The number of aliphatic hydroxyl groups is 2. The summed E-state index contributed by atoms with van der Waals surface area (Å²) in [5, 5.41) is 20.6. The molecule has 103 heavy (non-hydrogen) atoms. The molecule has 0 spiro atoms. The summed E-state index contributed by atoms with van der Waals surface area (Å²) in [7, 11) is -9.83. The van der Waals surface area contributed by atoms with E-state index in [9.17, 15) is 43.5 Å². The van der Waals surface area contributed by atoms with Crippen LogP contribution in [0.15, 0.2) is 194 Å². The van der Waals surface area contributed by atoms with Gasteiger partial charge in [0.25, 0.3) is 0 Å². The van der Waals surface area contributed by atoms with Gasteiger partial charge in [0, 0.05) is 19.3 Å². The standard InChI is InChI=1S/C85H136O16P2/c1-4-7-10-13-16-19-22-25-28-31-34-35-36-37-38-39-40-41-42-43-46-48-50-53-56-59-62-65-68-71-83(88)95-74-80(86)75-97-102(91,92)98-76-81(87)77-99-103(93,94)100-79-82(101-85(90)73-70-67-64-61-58-55-52-49-45-33-30-27-24-21-18-15-12-9-6-3)78-96-84(89)72-69-66-63-60-57-54-51-47-44-32-29-26-23-20-17-14-11-8-5-2/h7-12,16-21,25-30,34-35,37-38,40-41,44-45,47,49,54,57,63,66,80-82,86-87H,4-6,13-15,22-24,31-33,36,39,42-43,46,48,50-53,55-56,58-62,64-65,67-79H2,1-3H3,(H,91,92)(H,93,94)/b10-7-,11-8-,12-9-,19-16-,20-17-,21-18-,28-25-,29-26-,30-27-,35-34-,38-37-,41-40-,47-44-,49-45-,57-54-,66-63-. The molecule has 0 saturated heterocycles. The van der Waals surface area contributed by atoms with Gasteiger partial charge >= 0.3 is 33.6 Å². The van der Waals surface area contributed by atoms with Crippen LogP contribution >= 0.6 is 15.6 Å². The highest BCUT2D eigenvalue weighted by Crippen LogP contribution is 2.45. The third-order valence-electron chi connectivity index (χ3n) is 15.3. The van der Waals surface area contributed by atoms with E-state index in [4.69, 9.17) is 32.3 Å². The first-order valence-electron chi connectivity index (χ1n) is 38.7. The Balaban J connectivity index is 4.67. The molecule has 0 aromatic heterocycles. The minimum atomic E-state index is -4.96. The lowest BCUT2D eigenvalue weighted by atomic mass is 10.1. The van der Waals surface area contributed by atoms with Crippen molar-refractivity contribution in [2.45, 2.75) is 283 Å². The third-order valence-corrected chi connectivity index (χ3v) is 17.2. The Morgan fingerprint density at radius 2 is 0.505 bits per heavy atom. The number of aliphatic hydroxyl groups excluding tert-OH is 2. The van der Waals surface area contributed by atoms with Gasteiger partial charge in [0.15, 0.2) is 6.10 Å². The van der Waals surface area contributed by atoms with Crippen LogP contribution in [0.1, 0.15) is 265 Å². The van der Waals surface area contributed by atoms with Gasteiger partial charge in [-0.3, -0.25) is 32.5 Å². The number of ether oxygens (including phenoxy) is 3. The van der Waals surface area contributed by atoms with E-state index in [1.807, 2.05) is 18.2 Å². The first kappa shape index (κ1) is 97.4. The van der Waals surface area contributed by atoms with Crippen LogP contribution in [0.2, 0.25) is 0 Å². The second kappa shape index (κ2) is 76.1. The average Bonchev–Trinajstić information content (AvgIpc) is 0.918. The molecular formula is C85H136O16P2. The van der Waals surface area contributed by atoms with Gasteiger partial charge in [-0.25, -0.2) is 9.13 Å². The van der Waals surface area contributed by atoms with E-state index in [0.717, 1.165) is 167 Å². The molecule has 18 heteroatoms. The summed E-state index contributed by atoms with van der Waals surface area (Å²) >= 11 is 0. The number of unbranched alkanes of at least 4 members (excludes halogenated alkanes) is 16. The Hall–Kier alpha value is -5.61. The lowest BCUT2D eigenvalue weighted by Gasteiger charge is -2.21. The van der Waals surface area contributed by atoms with Gasteiger partial charge in [-0.05, 0) is 148 Å². The van der Waals surface area contributed by atoms with Gasteiger partial charge in [-0.1, -0.05) is 292 Å². The number of phosphoric ester groups is 2. The smallest absolute Gasteiger partial charge is 0.463 e. The van der Waals surface area contributed by atoms with E-state index in [1.165, 1.54) is 32.1 Å². The van der Waals surface area contributed by atoms with E-state index < -0.39 is 91.5 Å². The number of hydrogen-bond donors (Lipinski definition) is 4. The van der Waals surface area contributed by atoms with Crippen LogP contribution < -0.4 is 0 Å². The van der Waals surface area contributed by atoms with Crippen molar-refractivity contribution in [3.8, 4) is 0 Å². The van der Waals surface area contributed by atoms with Gasteiger partial charge in [0.1, 0.15) is 25.4 Å². The Bertz CT molecular complexity index is 2650. The quantitative estimate of drug-likeness (QED) is 0.0146. The van der Waals surface area contributed by atoms with Crippen molar-refractivity contribution in [2.75, 3.05) is 39.6 Å². The summed E-state index contributed by atoms with van der Waals surface area (Å²) in [5.74, 6) is -1.71. The average molecular weight is 1480 g/mol. The Kier molecular flexibility index (Phi) is 71.9. The van der Waals surface area contributed by atoms with Gasteiger partial charge in [0.05, 0.1) is 26.4 Å². The molecule has 0 aromatic rings. The minimum absolute atomic E-state index is 0.0343. The molecule has 5 unspecified atom stereocenters. The maximum absolute atomic E-state index is 13.0. The van der Waals surface area contributed by atoms with Crippen molar-refractivity contribution in [3.05, 3.63) is 194 Å². The normalized spacial score (nSPS) is 15.1. The highest BCUT2D eigenvalue weighted by atomic mass is 31.2. The summed E-state index contributed by atoms with van der Waals surface area (Å²) in [5.41, 5.74) is 0. The largest absolute Gasteiger partial charge is 0.472 e. The molecule has 5 atom stereocenters. The molecule has 0 bridgehead atoms. The molecule has 0 aromatic carbocycles. The van der Waals surface area contributed by atoms with Crippen LogP contribution in [0.4, 0.5) is 0 Å². The molecule has 0 fully saturated rings. The van der Waals surface area contributed by atoms with Gasteiger partial charge in [-0.15, -0.1) is 0 Å². The van der Waals surface area contributed by atoms with Crippen LogP contribution in [0.25, 0.3) is 0 Å². The topological polar surface area (TPSA) is 231 Å². The van der Waals surface area contributed by atoms with Gasteiger partial charge in [0.2, 0.25) is 0 Å². The van der Waals surface area contributed by atoms with Gasteiger partial charge < -0.3 is 34.2 Å². The fourth-order valence-corrected chi connectivity index (χ4v) is 11.1. The lowest BCUT2D eigenvalue weighted by Crippen LogP contribution is -2.30. The van der Waals surface area contributed by atoms with Crippen LogP contribution in [0.3, 0.4) is 0 Å². The first-order chi connectivity index (χ1) is 50.2. The molecule has 0 aliphatic rings. The van der Waals surface area contributed by atoms with E-state index >= 15 is 0 Å². The van der Waals surface area contributed by atoms with Crippen molar-refractivity contribution >= 4 is 33.6 Å². The molecule has 0 aliphatic carbocycles. The van der Waals surface area contributed by atoms with E-state index in [-0.39, 0.29) is 19.3 Å². The summed E-state index contributed by atoms with van der Waals surface area (Å²) < 4.78 is 61.0. The Labute approximate surface area is 623 Å². The zero-order valence-electron chi connectivity index (χ0n) is 63.4. The molecule has 0 heterocycles. The highest BCUT2D eigenvalue weighted by Gasteiger charge is 2.29. The number of esters is 3. The van der Waals surface area contributed by atoms with Gasteiger partial charge in [-0.2, -0.15) is 0 Å². The minimum Gasteiger partial charge on any atom is -0.463 e. The van der Waals surface area contributed by atoms with Crippen molar-refractivity contribution in [1.29, 1.82) is 0 Å². The predicted molar refractivity (Wildman–Crippen MR) is 426 cm³/mol. The Morgan fingerprint density at radius 1 is 0.272 bits per heavy atom. The maximum atomic E-state index is 13.0. The van der Waals surface area contributed by atoms with Crippen LogP contribution in [0.5, 0.6) is 0 Å². The number of hydrogen-bond acceptors (Lipinski definition) is 14. The van der Waals surface area contributed by atoms with Crippen molar-refractivity contribution in [1.82, 2.24) is 0 Å². The third kappa shape index (κ3) is 77.3. The zero-order chi connectivity index (χ0) is 75.2. The SMILES string of the molecule is CC/C=C\C/C=C\C/C=C\C/C=C\C/C=C\C/C=C\CCCCCCCCCCCCC(=O)OCC(O)COP(=O)(O)OCC(O)COP(=O)(O)OCC(COC(=O)CC/C=C\C/C=C\C/C=C\C/C=C\C/C=C\C/C=C\CC)OC(=O)CCCCCCCC/C=C\C/C=C\C/C=C\C/C=C\CC. The summed E-state index contributed by atoms with van der Waals surface area (Å²) in [6.45, 7) is 2.20. The van der Waals surface area contributed by atoms with E-state index in [1.54, 1.807) is 0 Å². The predicted octanol–water partition coefficient (Wildman–Crippen LogP) is 22.8. The number of carbonyl (C=O) groups excluding carboxylic acids is 3. The second-order valence-electron chi connectivity index (χ2n) is 25.0. The first-order valence-corrected chi connectivity index (χ1v) is 41.7. The van der Waals surface area contributed by atoms with Crippen molar-refractivity contribution < 1.29 is 75.8 Å². The molecule has 0 aliphatic heterocycles.